The second-order valence-electron chi connectivity index (χ2n) is 6.81. The number of fused-ring (bicyclic) bond motifs is 1. The van der Waals surface area contributed by atoms with Crippen molar-refractivity contribution < 1.29 is 8.42 Å². The zero-order valence-corrected chi connectivity index (χ0v) is 17.2. The Hall–Kier alpha value is -3.57. The van der Waals surface area contributed by atoms with E-state index in [1.165, 1.54) is 16.9 Å². The quantitative estimate of drug-likeness (QED) is 0.476. The van der Waals surface area contributed by atoms with E-state index < -0.39 is 10.0 Å². The van der Waals surface area contributed by atoms with Gasteiger partial charge in [0.25, 0.3) is 5.95 Å². The molecule has 0 radical (unpaired) electrons. The van der Waals surface area contributed by atoms with Gasteiger partial charge in [-0.1, -0.05) is 36.4 Å². The van der Waals surface area contributed by atoms with Gasteiger partial charge in [0, 0.05) is 26.0 Å². The molecule has 10 nitrogen and oxygen atoms in total. The third-order valence-electron chi connectivity index (χ3n) is 4.45. The molecule has 0 bridgehead atoms. The number of primary sulfonamides is 1. The van der Waals surface area contributed by atoms with E-state index in [1.807, 2.05) is 44.4 Å². The van der Waals surface area contributed by atoms with Crippen LogP contribution in [-0.4, -0.2) is 47.5 Å². The molecular formula is C19H20N8O2S. The lowest BCUT2D eigenvalue weighted by Crippen LogP contribution is -2.18. The predicted octanol–water partition coefficient (Wildman–Crippen LogP) is 1.54. The molecule has 154 valence electrons. The van der Waals surface area contributed by atoms with Gasteiger partial charge in [-0.05, 0) is 17.7 Å². The maximum Gasteiger partial charge on any atom is 0.272 e. The third-order valence-corrected chi connectivity index (χ3v) is 5.42. The summed E-state index contributed by atoms with van der Waals surface area (Å²) in [6, 6.07) is 14.6. The number of nitrogens with one attached hydrogen (secondary N) is 1. The van der Waals surface area contributed by atoms with Crippen LogP contribution in [0.25, 0.3) is 16.9 Å². The Bertz CT molecular complexity index is 1300. The summed E-state index contributed by atoms with van der Waals surface area (Å²) >= 11 is 0. The largest absolute Gasteiger partial charge is 0.363 e. The van der Waals surface area contributed by atoms with Crippen molar-refractivity contribution in [3.63, 3.8) is 0 Å². The predicted molar refractivity (Wildman–Crippen MR) is 114 cm³/mol. The molecule has 0 spiro atoms. The molecule has 0 aliphatic rings. The van der Waals surface area contributed by atoms with Gasteiger partial charge in [0.05, 0.1) is 16.6 Å². The number of sulfonamides is 1. The van der Waals surface area contributed by atoms with Crippen LogP contribution in [-0.2, 0) is 16.6 Å². The molecule has 0 aliphatic heterocycles. The number of hydrogen-bond donors (Lipinski definition) is 2. The Morgan fingerprint density at radius 2 is 1.83 bits per heavy atom. The second kappa shape index (κ2) is 7.69. The Balaban J connectivity index is 1.77. The summed E-state index contributed by atoms with van der Waals surface area (Å²) in [4.78, 5) is 6.38. The minimum absolute atomic E-state index is 0.00783. The number of rotatable bonds is 6. The number of nitrogens with zero attached hydrogens (tertiary/aromatic N) is 6. The van der Waals surface area contributed by atoms with Crippen LogP contribution in [0.5, 0.6) is 0 Å². The Labute approximate surface area is 173 Å². The van der Waals surface area contributed by atoms with Crippen molar-refractivity contribution in [3.8, 4) is 5.95 Å². The van der Waals surface area contributed by atoms with Crippen LogP contribution in [0.1, 0.15) is 5.56 Å². The molecule has 0 atom stereocenters. The molecule has 0 amide bonds. The SMILES string of the molecule is CN(C)c1nnc(-n2ncc3c(S(N)(=O)=O)cccc32)nc1NCc1ccccc1. The van der Waals surface area contributed by atoms with E-state index in [2.05, 4.69) is 25.6 Å². The maximum absolute atomic E-state index is 11.9. The summed E-state index contributed by atoms with van der Waals surface area (Å²) < 4.78 is 25.2. The normalized spacial score (nSPS) is 11.6. The van der Waals surface area contributed by atoms with Crippen molar-refractivity contribution >= 4 is 32.6 Å². The average Bonchev–Trinajstić information content (AvgIpc) is 3.16. The molecule has 3 N–H and O–H groups in total. The van der Waals surface area contributed by atoms with Crippen LogP contribution < -0.4 is 15.4 Å². The van der Waals surface area contributed by atoms with E-state index >= 15 is 0 Å². The zero-order chi connectivity index (χ0) is 21.3. The van der Waals surface area contributed by atoms with Gasteiger partial charge in [0.2, 0.25) is 10.0 Å². The van der Waals surface area contributed by atoms with Gasteiger partial charge in [0.15, 0.2) is 11.6 Å². The van der Waals surface area contributed by atoms with Gasteiger partial charge in [-0.3, -0.25) is 0 Å². The van der Waals surface area contributed by atoms with Crippen LogP contribution in [0.4, 0.5) is 11.6 Å². The van der Waals surface area contributed by atoms with Gasteiger partial charge < -0.3 is 10.2 Å². The first-order valence-corrected chi connectivity index (χ1v) is 10.6. The highest BCUT2D eigenvalue weighted by Crippen LogP contribution is 2.25. The molecule has 0 saturated carbocycles. The molecule has 2 aromatic heterocycles. The fraction of sp³-hybridized carbons (Fsp3) is 0.158. The van der Waals surface area contributed by atoms with E-state index in [-0.39, 0.29) is 10.8 Å². The van der Waals surface area contributed by atoms with Gasteiger partial charge in [-0.25, -0.2) is 13.6 Å². The molecule has 2 heterocycles. The summed E-state index contributed by atoms with van der Waals surface area (Å²) in [5, 5.41) is 21.7. The monoisotopic (exact) mass is 424 g/mol. The summed E-state index contributed by atoms with van der Waals surface area (Å²) in [5.74, 6) is 1.30. The van der Waals surface area contributed by atoms with E-state index in [1.54, 1.807) is 17.0 Å². The molecule has 0 saturated heterocycles. The molecule has 4 rings (SSSR count). The van der Waals surface area contributed by atoms with Crippen LogP contribution in [0.15, 0.2) is 59.6 Å². The molecule has 0 unspecified atom stereocenters. The van der Waals surface area contributed by atoms with Crippen molar-refractivity contribution in [2.24, 2.45) is 5.14 Å². The number of anilines is 2. The van der Waals surface area contributed by atoms with Crippen molar-refractivity contribution in [1.82, 2.24) is 25.0 Å². The maximum atomic E-state index is 11.9. The van der Waals surface area contributed by atoms with Gasteiger partial charge in [0.1, 0.15) is 0 Å². The topological polar surface area (TPSA) is 132 Å². The molecule has 30 heavy (non-hydrogen) atoms. The third kappa shape index (κ3) is 3.80. The van der Waals surface area contributed by atoms with E-state index in [0.717, 1.165) is 5.56 Å². The van der Waals surface area contributed by atoms with Crippen molar-refractivity contribution in [1.29, 1.82) is 0 Å². The summed E-state index contributed by atoms with van der Waals surface area (Å²) in [5.41, 5.74) is 1.60. The van der Waals surface area contributed by atoms with Crippen LogP contribution in [0.3, 0.4) is 0 Å². The first-order chi connectivity index (χ1) is 14.3. The average molecular weight is 424 g/mol. The standard InChI is InChI=1S/C19H20N8O2S/c1-26(2)18-17(21-11-13-7-4-3-5-8-13)23-19(25-24-18)27-15-9-6-10-16(30(20,28)29)14(15)12-22-27/h3-10,12H,11H2,1-2H3,(H2,20,28,29)(H,21,23,25). The molecule has 2 aromatic carbocycles. The van der Waals surface area contributed by atoms with E-state index in [0.29, 0.717) is 29.1 Å². The number of hydrogen-bond acceptors (Lipinski definition) is 8. The Morgan fingerprint density at radius 3 is 2.53 bits per heavy atom. The number of benzene rings is 2. The number of nitrogens with two attached hydrogens (primary N) is 1. The lowest BCUT2D eigenvalue weighted by molar-refractivity contribution is 0.598. The van der Waals surface area contributed by atoms with E-state index in [4.69, 9.17) is 5.14 Å². The minimum Gasteiger partial charge on any atom is -0.363 e. The van der Waals surface area contributed by atoms with Crippen LogP contribution in [0.2, 0.25) is 0 Å². The van der Waals surface area contributed by atoms with Crippen molar-refractivity contribution in [3.05, 3.63) is 60.3 Å². The lowest BCUT2D eigenvalue weighted by Gasteiger charge is -2.16. The van der Waals surface area contributed by atoms with Crippen LogP contribution in [0, 0.1) is 0 Å². The summed E-state index contributed by atoms with van der Waals surface area (Å²) in [7, 11) is -0.196. The molecule has 4 aromatic rings. The fourth-order valence-corrected chi connectivity index (χ4v) is 3.77. The summed E-state index contributed by atoms with van der Waals surface area (Å²) in [6.45, 7) is 0.551. The summed E-state index contributed by atoms with van der Waals surface area (Å²) in [6.07, 6.45) is 1.43. The number of aromatic nitrogens is 5. The molecule has 0 fully saturated rings. The molecular weight excluding hydrogens is 404 g/mol. The van der Waals surface area contributed by atoms with Crippen molar-refractivity contribution in [2.75, 3.05) is 24.3 Å². The fourth-order valence-electron chi connectivity index (χ4n) is 3.04. The van der Waals surface area contributed by atoms with Crippen LogP contribution >= 0.6 is 0 Å². The Kier molecular flexibility index (Phi) is 5.06. The highest BCUT2D eigenvalue weighted by molar-refractivity contribution is 7.89. The van der Waals surface area contributed by atoms with Gasteiger partial charge in [-0.2, -0.15) is 14.8 Å². The molecule has 0 aliphatic carbocycles. The van der Waals surface area contributed by atoms with Gasteiger partial charge in [-0.15, -0.1) is 10.2 Å². The zero-order valence-electron chi connectivity index (χ0n) is 16.4. The Morgan fingerprint density at radius 1 is 1.07 bits per heavy atom. The van der Waals surface area contributed by atoms with Gasteiger partial charge >= 0.3 is 0 Å². The smallest absolute Gasteiger partial charge is 0.272 e. The molecule has 11 heteroatoms. The van der Waals surface area contributed by atoms with E-state index in [9.17, 15) is 8.42 Å². The first-order valence-electron chi connectivity index (χ1n) is 9.04. The highest BCUT2D eigenvalue weighted by atomic mass is 32.2. The lowest BCUT2D eigenvalue weighted by atomic mass is 10.2. The first kappa shape index (κ1) is 19.7. The van der Waals surface area contributed by atoms with Crippen molar-refractivity contribution in [2.45, 2.75) is 11.4 Å². The second-order valence-corrected chi connectivity index (χ2v) is 8.34. The minimum atomic E-state index is -3.89. The highest BCUT2D eigenvalue weighted by Gasteiger charge is 2.18.